The second kappa shape index (κ2) is 12.1. The molecule has 2 aromatic carbocycles. The van der Waals surface area contributed by atoms with Crippen LogP contribution >= 0.6 is 0 Å². The van der Waals surface area contributed by atoms with Crippen molar-refractivity contribution in [1.82, 2.24) is 4.98 Å². The fraction of sp³-hybridized carbons (Fsp3) is 0.333. The quantitative estimate of drug-likeness (QED) is 0.207. The van der Waals surface area contributed by atoms with Gasteiger partial charge in [-0.15, -0.1) is 0 Å². The maximum absolute atomic E-state index is 15.7. The lowest BCUT2D eigenvalue weighted by atomic mass is 9.99. The van der Waals surface area contributed by atoms with E-state index in [1.807, 2.05) is 26.8 Å². The number of ether oxygens (including phenoxy) is 2. The molecule has 9 heteroatoms. The first-order chi connectivity index (χ1) is 18.6. The Hall–Kier alpha value is -3.59. The molecule has 0 saturated heterocycles. The summed E-state index contributed by atoms with van der Waals surface area (Å²) in [5.74, 6) is -0.812. The highest BCUT2D eigenvalue weighted by Gasteiger charge is 2.22. The van der Waals surface area contributed by atoms with E-state index in [-0.39, 0.29) is 31.7 Å². The molecule has 0 aliphatic rings. The van der Waals surface area contributed by atoms with Gasteiger partial charge in [0.05, 0.1) is 25.0 Å². The Balaban J connectivity index is 1.62. The van der Waals surface area contributed by atoms with Gasteiger partial charge in [-0.1, -0.05) is 0 Å². The van der Waals surface area contributed by atoms with Crippen LogP contribution in [0.1, 0.15) is 44.5 Å². The molecule has 2 aromatic heterocycles. The van der Waals surface area contributed by atoms with Crippen molar-refractivity contribution in [2.75, 3.05) is 12.4 Å². The highest BCUT2D eigenvalue weighted by Crippen LogP contribution is 2.34. The molecule has 0 bridgehead atoms. The Morgan fingerprint density at radius 1 is 1.08 bits per heavy atom. The summed E-state index contributed by atoms with van der Waals surface area (Å²) in [7, 11) is -1.14. The first kappa shape index (κ1) is 28.4. The van der Waals surface area contributed by atoms with E-state index >= 15 is 4.39 Å². The summed E-state index contributed by atoms with van der Waals surface area (Å²) in [6.45, 7) is 7.66. The molecule has 0 radical (unpaired) electrons. The summed E-state index contributed by atoms with van der Waals surface area (Å²) in [6, 6.07) is 11.0. The number of carbonyl (C=O) groups is 1. The Morgan fingerprint density at radius 2 is 1.87 bits per heavy atom. The molecular weight excluding hydrogens is 524 g/mol. The van der Waals surface area contributed by atoms with Gasteiger partial charge in [0.2, 0.25) is 0 Å². The number of rotatable bonds is 10. The van der Waals surface area contributed by atoms with Gasteiger partial charge >= 0.3 is 5.97 Å². The van der Waals surface area contributed by atoms with Gasteiger partial charge in [0.15, 0.2) is 5.82 Å². The first-order valence-electron chi connectivity index (χ1n) is 12.7. The van der Waals surface area contributed by atoms with E-state index in [0.29, 0.717) is 33.8 Å². The molecule has 0 aliphatic carbocycles. The maximum atomic E-state index is 15.7. The molecule has 6 nitrogen and oxygen atoms in total. The van der Waals surface area contributed by atoms with Crippen molar-refractivity contribution in [1.29, 1.82) is 0 Å². The molecule has 0 spiro atoms. The van der Waals surface area contributed by atoms with E-state index < -0.39 is 33.2 Å². The molecule has 0 N–H and O–H groups in total. The minimum absolute atomic E-state index is 0.0830. The lowest BCUT2D eigenvalue weighted by molar-refractivity contribution is -0.142. The van der Waals surface area contributed by atoms with Gasteiger partial charge in [0.25, 0.3) is 0 Å². The van der Waals surface area contributed by atoms with Gasteiger partial charge in [-0.3, -0.25) is 14.0 Å². The van der Waals surface area contributed by atoms with Crippen LogP contribution in [0, 0.1) is 11.6 Å². The number of pyridine rings is 1. The van der Waals surface area contributed by atoms with Crippen LogP contribution < -0.4 is 4.74 Å². The highest BCUT2D eigenvalue weighted by molar-refractivity contribution is 7.86. The van der Waals surface area contributed by atoms with Crippen molar-refractivity contribution >= 4 is 27.7 Å². The number of nitrogens with zero attached hydrogens (tertiary/aromatic N) is 1. The third-order valence-corrected chi connectivity index (χ3v) is 8.07. The number of aryl methyl sites for hydroxylation is 1. The summed E-state index contributed by atoms with van der Waals surface area (Å²) in [5, 5.41) is 0.753. The molecule has 0 saturated carbocycles. The molecule has 0 amide bonds. The van der Waals surface area contributed by atoms with E-state index in [4.69, 9.17) is 13.9 Å². The predicted molar refractivity (Wildman–Crippen MR) is 147 cm³/mol. The standard InChI is InChI=1S/C30H31F2NO5S/c1-5-36-27(34)17-21-16-22(31)6-7-26(21)38-18-19-14-20-9-12-37-29(20)24(15-19)23-8-11-33-25(28(23)32)10-13-39(35)30(2,3)4/h6-9,11-12,14-16H,5,10,13,17-18H2,1-4H3/t39-/m0/s1. The average molecular weight is 556 g/mol. The maximum Gasteiger partial charge on any atom is 0.310 e. The Morgan fingerprint density at radius 3 is 2.62 bits per heavy atom. The van der Waals surface area contributed by atoms with E-state index in [0.717, 1.165) is 10.9 Å². The number of furan rings is 1. The zero-order chi connectivity index (χ0) is 28.2. The largest absolute Gasteiger partial charge is 0.489 e. The van der Waals surface area contributed by atoms with Crippen molar-refractivity contribution in [3.63, 3.8) is 0 Å². The van der Waals surface area contributed by atoms with Crippen LogP contribution in [0.4, 0.5) is 8.78 Å². The number of aromatic nitrogens is 1. The fourth-order valence-corrected chi connectivity index (χ4v) is 5.14. The van der Waals surface area contributed by atoms with E-state index in [9.17, 15) is 13.4 Å². The number of hydrogen-bond acceptors (Lipinski definition) is 6. The molecule has 4 rings (SSSR count). The second-order valence-corrected chi connectivity index (χ2v) is 12.4. The Kier molecular flexibility index (Phi) is 8.80. The zero-order valence-corrected chi connectivity index (χ0v) is 23.2. The molecule has 1 atom stereocenters. The van der Waals surface area contributed by atoms with Crippen LogP contribution in [0.3, 0.4) is 0 Å². The topological polar surface area (TPSA) is 78.6 Å². The number of carbonyl (C=O) groups excluding carboxylic acids is 1. The molecule has 0 fully saturated rings. The molecule has 206 valence electrons. The first-order valence-corrected chi connectivity index (χ1v) is 14.0. The zero-order valence-electron chi connectivity index (χ0n) is 22.4. The lowest BCUT2D eigenvalue weighted by Gasteiger charge is -2.17. The van der Waals surface area contributed by atoms with E-state index in [2.05, 4.69) is 4.98 Å². The van der Waals surface area contributed by atoms with Crippen LogP contribution in [0.15, 0.2) is 59.3 Å². The molecule has 2 heterocycles. The van der Waals surface area contributed by atoms with Crippen LogP contribution in [-0.2, 0) is 39.8 Å². The van der Waals surface area contributed by atoms with Gasteiger partial charge in [-0.2, -0.15) is 0 Å². The van der Waals surface area contributed by atoms with E-state index in [1.54, 1.807) is 25.1 Å². The van der Waals surface area contributed by atoms with Gasteiger partial charge < -0.3 is 13.9 Å². The number of esters is 1. The smallest absolute Gasteiger partial charge is 0.310 e. The van der Waals surface area contributed by atoms with Crippen molar-refractivity contribution in [2.24, 2.45) is 0 Å². The van der Waals surface area contributed by atoms with Crippen molar-refractivity contribution in [2.45, 2.75) is 51.9 Å². The van der Waals surface area contributed by atoms with E-state index in [1.165, 1.54) is 30.7 Å². The van der Waals surface area contributed by atoms with Gasteiger partial charge in [-0.25, -0.2) is 8.78 Å². The van der Waals surface area contributed by atoms with Gasteiger partial charge in [0.1, 0.15) is 23.8 Å². The number of hydrogen-bond donors (Lipinski definition) is 0. The summed E-state index contributed by atoms with van der Waals surface area (Å²) in [4.78, 5) is 16.2. The molecule has 0 aliphatic heterocycles. The van der Waals surface area contributed by atoms with Crippen LogP contribution in [0.5, 0.6) is 5.75 Å². The molecular formula is C30H31F2NO5S. The predicted octanol–water partition coefficient (Wildman–Crippen LogP) is 6.55. The lowest BCUT2D eigenvalue weighted by Crippen LogP contribution is -2.25. The summed E-state index contributed by atoms with van der Waals surface area (Å²) < 4.78 is 58.3. The van der Waals surface area contributed by atoms with Crippen LogP contribution in [-0.4, -0.2) is 32.3 Å². The fourth-order valence-electron chi connectivity index (χ4n) is 4.15. The van der Waals surface area contributed by atoms with Crippen molar-refractivity contribution in [3.05, 3.63) is 83.4 Å². The molecule has 0 unspecified atom stereocenters. The number of fused-ring (bicyclic) bond motifs is 1. The normalized spacial score (nSPS) is 12.5. The monoisotopic (exact) mass is 555 g/mol. The SMILES string of the molecule is CCOC(=O)Cc1cc(F)ccc1OCc1cc(-c2ccnc(CC[S@](=O)C(C)(C)C)c2F)c2occc2c1. The second-order valence-electron chi connectivity index (χ2n) is 10.0. The Labute approximate surface area is 228 Å². The summed E-state index contributed by atoms with van der Waals surface area (Å²) >= 11 is 0. The third kappa shape index (κ3) is 6.89. The van der Waals surface area contributed by atoms with Crippen molar-refractivity contribution in [3.8, 4) is 16.9 Å². The average Bonchev–Trinajstić information content (AvgIpc) is 3.35. The minimum Gasteiger partial charge on any atom is -0.489 e. The number of benzene rings is 2. The minimum atomic E-state index is -1.14. The third-order valence-electron chi connectivity index (χ3n) is 6.13. The van der Waals surface area contributed by atoms with Crippen LogP contribution in [0.2, 0.25) is 0 Å². The van der Waals surface area contributed by atoms with Gasteiger partial charge in [-0.05, 0) is 75.7 Å². The molecule has 4 aromatic rings. The van der Waals surface area contributed by atoms with Crippen molar-refractivity contribution < 1.29 is 31.7 Å². The number of halogens is 2. The Bertz CT molecular complexity index is 1510. The molecule has 39 heavy (non-hydrogen) atoms. The summed E-state index contributed by atoms with van der Waals surface area (Å²) in [5.41, 5.74) is 2.68. The highest BCUT2D eigenvalue weighted by atomic mass is 32.2. The van der Waals surface area contributed by atoms with Gasteiger partial charge in [0, 0.05) is 56.0 Å². The summed E-state index contributed by atoms with van der Waals surface area (Å²) in [6.07, 6.45) is 3.17. The van der Waals surface area contributed by atoms with Crippen LogP contribution in [0.25, 0.3) is 22.1 Å².